The summed E-state index contributed by atoms with van der Waals surface area (Å²) in [5, 5.41) is 8.95. The summed E-state index contributed by atoms with van der Waals surface area (Å²) < 4.78 is 0. The van der Waals surface area contributed by atoms with Crippen LogP contribution in [0.5, 0.6) is 0 Å². The van der Waals surface area contributed by atoms with Crippen molar-refractivity contribution in [2.24, 2.45) is 0 Å². The molecule has 0 radical (unpaired) electrons. The van der Waals surface area contributed by atoms with Gasteiger partial charge in [0.2, 0.25) is 5.91 Å². The zero-order valence-electron chi connectivity index (χ0n) is 15.4. The van der Waals surface area contributed by atoms with E-state index in [-0.39, 0.29) is 5.25 Å². The third-order valence-electron chi connectivity index (χ3n) is 4.60. The first kappa shape index (κ1) is 19.8. The van der Waals surface area contributed by atoms with Gasteiger partial charge in [-0.1, -0.05) is 25.5 Å². The van der Waals surface area contributed by atoms with Crippen LogP contribution in [0.15, 0.2) is 24.3 Å². The fourth-order valence-electron chi connectivity index (χ4n) is 3.03. The smallest absolute Gasteiger partial charge is 0.235 e. The molecule has 1 aromatic carbocycles. The van der Waals surface area contributed by atoms with Crippen molar-refractivity contribution in [2.45, 2.75) is 44.9 Å². The third-order valence-corrected chi connectivity index (χ3v) is 5.83. The summed E-state index contributed by atoms with van der Waals surface area (Å²) in [6.07, 6.45) is 3.39. The second kappa shape index (κ2) is 10.5. The molecule has 0 aromatic heterocycles. The van der Waals surface area contributed by atoms with Crippen LogP contribution in [-0.2, 0) is 11.3 Å². The van der Waals surface area contributed by atoms with Crippen molar-refractivity contribution in [3.8, 4) is 6.07 Å². The minimum Gasteiger partial charge on any atom is -0.340 e. The quantitative estimate of drug-likeness (QED) is 0.699. The first-order chi connectivity index (χ1) is 12.1. The van der Waals surface area contributed by atoms with Crippen LogP contribution < -0.4 is 0 Å². The maximum Gasteiger partial charge on any atom is 0.235 e. The standard InChI is InChI=1S/C20H29N3OS/c1-3-4-14-25-17(2)20(24)23-11-5-10-22(12-13-23)16-19-8-6-18(15-21)7-9-19/h6-9,17H,3-5,10-14,16H2,1-2H3. The van der Waals surface area contributed by atoms with Gasteiger partial charge >= 0.3 is 0 Å². The van der Waals surface area contributed by atoms with Crippen molar-refractivity contribution in [3.05, 3.63) is 35.4 Å². The van der Waals surface area contributed by atoms with Crippen molar-refractivity contribution in [1.29, 1.82) is 5.26 Å². The van der Waals surface area contributed by atoms with E-state index in [2.05, 4.69) is 17.9 Å². The number of rotatable bonds is 7. The molecule has 1 amide bonds. The molecule has 0 saturated carbocycles. The summed E-state index contributed by atoms with van der Waals surface area (Å²) in [7, 11) is 0. The van der Waals surface area contributed by atoms with Crippen molar-refractivity contribution < 1.29 is 4.79 Å². The summed E-state index contributed by atoms with van der Waals surface area (Å²) in [5.41, 5.74) is 1.92. The molecule has 1 saturated heterocycles. The molecule has 1 heterocycles. The maximum absolute atomic E-state index is 12.6. The normalized spacial score (nSPS) is 16.9. The Labute approximate surface area is 156 Å². The Kier molecular flexibility index (Phi) is 8.30. The lowest BCUT2D eigenvalue weighted by atomic mass is 10.1. The predicted molar refractivity (Wildman–Crippen MR) is 104 cm³/mol. The summed E-state index contributed by atoms with van der Waals surface area (Å²) in [6, 6.07) is 9.95. The number of nitrogens with zero attached hydrogens (tertiary/aromatic N) is 3. The van der Waals surface area contributed by atoms with E-state index in [9.17, 15) is 4.79 Å². The number of hydrogen-bond acceptors (Lipinski definition) is 4. The Morgan fingerprint density at radius 2 is 2.00 bits per heavy atom. The van der Waals surface area contributed by atoms with Gasteiger partial charge in [0.15, 0.2) is 0 Å². The highest BCUT2D eigenvalue weighted by Gasteiger charge is 2.23. The average molecular weight is 360 g/mol. The van der Waals surface area contributed by atoms with Gasteiger partial charge in [-0.2, -0.15) is 5.26 Å². The largest absolute Gasteiger partial charge is 0.340 e. The van der Waals surface area contributed by atoms with E-state index in [0.29, 0.717) is 11.5 Å². The van der Waals surface area contributed by atoms with Gasteiger partial charge in [-0.15, -0.1) is 11.8 Å². The monoisotopic (exact) mass is 359 g/mol. The minimum absolute atomic E-state index is 0.0663. The van der Waals surface area contributed by atoms with Crippen molar-refractivity contribution in [3.63, 3.8) is 0 Å². The van der Waals surface area contributed by atoms with Crippen molar-refractivity contribution in [2.75, 3.05) is 31.9 Å². The molecule has 25 heavy (non-hydrogen) atoms. The van der Waals surface area contributed by atoms with E-state index < -0.39 is 0 Å². The molecule has 1 aliphatic rings. The van der Waals surface area contributed by atoms with Crippen LogP contribution in [-0.4, -0.2) is 52.9 Å². The number of thioether (sulfide) groups is 1. The SMILES string of the molecule is CCCCSC(C)C(=O)N1CCCN(Cc2ccc(C#N)cc2)CC1. The zero-order valence-corrected chi connectivity index (χ0v) is 16.2. The average Bonchev–Trinajstić information content (AvgIpc) is 2.87. The number of carbonyl (C=O) groups excluding carboxylic acids is 1. The molecule has 0 N–H and O–H groups in total. The highest BCUT2D eigenvalue weighted by atomic mass is 32.2. The number of amides is 1. The second-order valence-corrected chi connectivity index (χ2v) is 8.08. The van der Waals surface area contributed by atoms with Gasteiger partial charge in [0.1, 0.15) is 0 Å². The van der Waals surface area contributed by atoms with Gasteiger partial charge in [0, 0.05) is 32.7 Å². The first-order valence-electron chi connectivity index (χ1n) is 9.25. The Balaban J connectivity index is 1.82. The molecule has 0 aliphatic carbocycles. The van der Waals surface area contributed by atoms with Gasteiger partial charge in [0.05, 0.1) is 16.9 Å². The molecule has 1 aliphatic heterocycles. The molecule has 2 rings (SSSR count). The van der Waals surface area contributed by atoms with Crippen LogP contribution in [0.25, 0.3) is 0 Å². The van der Waals surface area contributed by atoms with Gasteiger partial charge < -0.3 is 4.90 Å². The Morgan fingerprint density at radius 1 is 1.24 bits per heavy atom. The van der Waals surface area contributed by atoms with Crippen LogP contribution in [0.4, 0.5) is 0 Å². The van der Waals surface area contributed by atoms with Crippen LogP contribution in [0.1, 0.15) is 44.2 Å². The van der Waals surface area contributed by atoms with Crippen LogP contribution in [0.3, 0.4) is 0 Å². The summed E-state index contributed by atoms with van der Waals surface area (Å²) >= 11 is 1.79. The lowest BCUT2D eigenvalue weighted by Crippen LogP contribution is -2.39. The van der Waals surface area contributed by atoms with Gasteiger partial charge in [-0.25, -0.2) is 0 Å². The molecule has 1 aromatic rings. The minimum atomic E-state index is 0.0663. The lowest BCUT2D eigenvalue weighted by molar-refractivity contribution is -0.130. The molecule has 4 nitrogen and oxygen atoms in total. The van der Waals surface area contributed by atoms with E-state index >= 15 is 0 Å². The molecular weight excluding hydrogens is 330 g/mol. The van der Waals surface area contributed by atoms with E-state index in [4.69, 9.17) is 5.26 Å². The third kappa shape index (κ3) is 6.37. The highest BCUT2D eigenvalue weighted by molar-refractivity contribution is 8.00. The van der Waals surface area contributed by atoms with E-state index in [1.54, 1.807) is 11.8 Å². The Bertz CT molecular complexity index is 582. The van der Waals surface area contributed by atoms with Crippen molar-refractivity contribution in [1.82, 2.24) is 9.80 Å². The van der Waals surface area contributed by atoms with Crippen LogP contribution in [0.2, 0.25) is 0 Å². The van der Waals surface area contributed by atoms with E-state index in [0.717, 1.165) is 44.9 Å². The number of benzene rings is 1. The summed E-state index contributed by atoms with van der Waals surface area (Å²) in [5.74, 6) is 1.36. The molecular formula is C20H29N3OS. The van der Waals surface area contributed by atoms with Gasteiger partial charge in [0.25, 0.3) is 0 Å². The second-order valence-electron chi connectivity index (χ2n) is 6.63. The van der Waals surface area contributed by atoms with Gasteiger partial charge in [-0.05, 0) is 43.2 Å². The van der Waals surface area contributed by atoms with Crippen LogP contribution in [0, 0.1) is 11.3 Å². The number of unbranched alkanes of at least 4 members (excludes halogenated alkanes) is 1. The number of nitriles is 1. The van der Waals surface area contributed by atoms with Crippen molar-refractivity contribution >= 4 is 17.7 Å². The molecule has 1 fully saturated rings. The fraction of sp³-hybridized carbons (Fsp3) is 0.600. The van der Waals surface area contributed by atoms with E-state index in [1.807, 2.05) is 36.1 Å². The molecule has 5 heteroatoms. The van der Waals surface area contributed by atoms with Crippen LogP contribution >= 0.6 is 11.8 Å². The molecule has 1 unspecified atom stereocenters. The highest BCUT2D eigenvalue weighted by Crippen LogP contribution is 2.17. The molecule has 1 atom stereocenters. The topological polar surface area (TPSA) is 47.3 Å². The summed E-state index contributed by atoms with van der Waals surface area (Å²) in [4.78, 5) is 17.1. The number of hydrogen-bond donors (Lipinski definition) is 0. The predicted octanol–water partition coefficient (Wildman–Crippen LogP) is 3.51. The first-order valence-corrected chi connectivity index (χ1v) is 10.3. The van der Waals surface area contributed by atoms with E-state index in [1.165, 1.54) is 18.4 Å². The lowest BCUT2D eigenvalue weighted by Gasteiger charge is -2.24. The molecule has 0 spiro atoms. The Hall–Kier alpha value is -1.51. The summed E-state index contributed by atoms with van der Waals surface area (Å²) in [6.45, 7) is 8.72. The number of carbonyl (C=O) groups is 1. The Morgan fingerprint density at radius 3 is 2.68 bits per heavy atom. The zero-order chi connectivity index (χ0) is 18.1. The molecule has 0 bridgehead atoms. The maximum atomic E-state index is 12.6. The molecule has 136 valence electrons. The van der Waals surface area contributed by atoms with Gasteiger partial charge in [-0.3, -0.25) is 9.69 Å². The fourth-order valence-corrected chi connectivity index (χ4v) is 4.13.